The molecule has 1 heterocycles. The molecule has 0 unspecified atom stereocenters. The van der Waals surface area contributed by atoms with Gasteiger partial charge in [-0.05, 0) is 0 Å². The van der Waals surface area contributed by atoms with Crippen molar-refractivity contribution in [1.29, 1.82) is 0 Å². The molecule has 0 spiro atoms. The van der Waals surface area contributed by atoms with Gasteiger partial charge in [-0.3, -0.25) is 0 Å². The molecule has 0 saturated carbocycles. The summed E-state index contributed by atoms with van der Waals surface area (Å²) in [5.41, 5.74) is 3.10. The van der Waals surface area contributed by atoms with Crippen LogP contribution < -0.4 is 0 Å². The van der Waals surface area contributed by atoms with Crippen LogP contribution in [0.3, 0.4) is 0 Å². The van der Waals surface area contributed by atoms with Gasteiger partial charge in [-0.15, -0.1) is 0 Å². The summed E-state index contributed by atoms with van der Waals surface area (Å²) in [6.45, 7) is 4.42. The second-order valence-electron chi connectivity index (χ2n) is 2.12. The van der Waals surface area contributed by atoms with Gasteiger partial charge in [0.1, 0.15) is 0 Å². The molecule has 0 aromatic carbocycles. The molecule has 1 rings (SSSR count). The van der Waals surface area contributed by atoms with Crippen LogP contribution in [0.4, 0.5) is 0 Å². The Hall–Kier alpha value is 0.622. The van der Waals surface area contributed by atoms with Crippen molar-refractivity contribution in [1.82, 2.24) is 0 Å². The number of aryl methyl sites for hydroxylation is 1. The Morgan fingerprint density at radius 1 is 1.56 bits per heavy atom. The zero-order valence-electron chi connectivity index (χ0n) is 5.69. The molecule has 0 bridgehead atoms. The van der Waals surface area contributed by atoms with Gasteiger partial charge in [-0.25, -0.2) is 0 Å². The van der Waals surface area contributed by atoms with E-state index in [1.54, 1.807) is 5.56 Å². The maximum atomic E-state index is 2.29. The summed E-state index contributed by atoms with van der Waals surface area (Å²) in [5.74, 6) is 0. The molecule has 0 amide bonds. The van der Waals surface area contributed by atoms with Crippen LogP contribution in [0.2, 0.25) is 0 Å². The molecule has 0 nitrogen and oxygen atoms in total. The summed E-state index contributed by atoms with van der Waals surface area (Å²) in [6, 6.07) is 0. The van der Waals surface area contributed by atoms with Gasteiger partial charge < -0.3 is 0 Å². The molecule has 0 aliphatic carbocycles. The van der Waals surface area contributed by atoms with Crippen molar-refractivity contribution in [2.24, 2.45) is 0 Å². The molecule has 0 aliphatic heterocycles. The second-order valence-corrected chi connectivity index (χ2v) is 4.58. The quantitative estimate of drug-likeness (QED) is 0.691. The fourth-order valence-corrected chi connectivity index (χ4v) is 3.63. The van der Waals surface area contributed by atoms with Crippen molar-refractivity contribution in [2.45, 2.75) is 17.8 Å². The van der Waals surface area contributed by atoms with Crippen LogP contribution in [-0.4, -0.2) is 25.8 Å². The molecule has 1 aromatic rings. The van der Waals surface area contributed by atoms with Gasteiger partial charge in [0.15, 0.2) is 0 Å². The van der Waals surface area contributed by atoms with Gasteiger partial charge in [0.2, 0.25) is 0 Å². The maximum absolute atomic E-state index is 2.29. The Bertz CT molecular complexity index is 203. The third-order valence-electron chi connectivity index (χ3n) is 1.58. The molecule has 0 atom stereocenters. The van der Waals surface area contributed by atoms with Crippen molar-refractivity contribution in [3.63, 3.8) is 0 Å². The summed E-state index contributed by atoms with van der Waals surface area (Å²) in [7, 11) is 0. The molecule has 3 radical (unpaired) electrons. The van der Waals surface area contributed by atoms with Crippen molar-refractivity contribution >= 4 is 37.1 Å². The number of hydrogen-bond donors (Lipinski definition) is 0. The van der Waals surface area contributed by atoms with Crippen molar-refractivity contribution < 1.29 is 0 Å². The molecule has 0 N–H and O–H groups in total. The Morgan fingerprint density at radius 3 is 2.44 bits per heavy atom. The SMILES string of the molecule is Cc1scc([CH2][Pb])c1C. The zero-order valence-corrected chi connectivity index (χ0v) is 10.4. The van der Waals surface area contributed by atoms with E-state index in [1.807, 2.05) is 11.3 Å². The summed E-state index contributed by atoms with van der Waals surface area (Å²) >= 11 is 3.17. The Morgan fingerprint density at radius 2 is 2.22 bits per heavy atom. The van der Waals surface area contributed by atoms with Gasteiger partial charge in [0, 0.05) is 0 Å². The van der Waals surface area contributed by atoms with Crippen molar-refractivity contribution in [3.05, 3.63) is 21.4 Å². The first-order valence-corrected chi connectivity index (χ1v) is 6.56. The molecule has 0 fully saturated rings. The fraction of sp³-hybridized carbons (Fsp3) is 0.429. The van der Waals surface area contributed by atoms with Gasteiger partial charge in [-0.2, -0.15) is 0 Å². The molecule has 47 valence electrons. The molecule has 0 saturated heterocycles. The van der Waals surface area contributed by atoms with Gasteiger partial charge >= 0.3 is 76.3 Å². The fourth-order valence-electron chi connectivity index (χ4n) is 0.737. The van der Waals surface area contributed by atoms with E-state index in [0.717, 1.165) is 0 Å². The van der Waals surface area contributed by atoms with E-state index in [1.165, 1.54) is 40.2 Å². The van der Waals surface area contributed by atoms with Crippen molar-refractivity contribution in [2.75, 3.05) is 0 Å². The average Bonchev–Trinajstić information content (AvgIpc) is 2.15. The third kappa shape index (κ3) is 1.55. The monoisotopic (exact) mass is 333 g/mol. The zero-order chi connectivity index (χ0) is 6.85. The van der Waals surface area contributed by atoms with E-state index < -0.39 is 0 Å². The minimum atomic E-state index is 1.30. The molecule has 1 aromatic heterocycles. The van der Waals surface area contributed by atoms with Crippen LogP contribution in [0, 0.1) is 13.8 Å². The predicted molar refractivity (Wildman–Crippen MR) is 43.3 cm³/mol. The van der Waals surface area contributed by atoms with Crippen LogP contribution in [0.25, 0.3) is 0 Å². The first-order chi connectivity index (χ1) is 4.25. The van der Waals surface area contributed by atoms with Crippen LogP contribution in [-0.2, 0) is 3.98 Å². The number of hydrogen-bond acceptors (Lipinski definition) is 1. The standard InChI is InChI=1S/C7H9S.Pb/c1-5-4-8-7(3)6(5)2;/h4H,1H2,2-3H3;. The summed E-state index contributed by atoms with van der Waals surface area (Å²) in [4.78, 5) is 1.49. The van der Waals surface area contributed by atoms with Gasteiger partial charge in [0.25, 0.3) is 0 Å². The average molecular weight is 332 g/mol. The van der Waals surface area contributed by atoms with Gasteiger partial charge in [0.05, 0.1) is 0 Å². The van der Waals surface area contributed by atoms with Crippen LogP contribution in [0.1, 0.15) is 16.0 Å². The third-order valence-corrected chi connectivity index (χ3v) is 4.12. The normalized spacial score (nSPS) is 10.1. The van der Waals surface area contributed by atoms with Crippen LogP contribution in [0.5, 0.6) is 0 Å². The Balaban J connectivity index is 3.04. The van der Waals surface area contributed by atoms with E-state index in [0.29, 0.717) is 0 Å². The second kappa shape index (κ2) is 3.14. The van der Waals surface area contributed by atoms with E-state index in [9.17, 15) is 0 Å². The first-order valence-electron chi connectivity index (χ1n) is 2.94. The predicted octanol–water partition coefficient (Wildman–Crippen LogP) is 2.03. The summed E-state index contributed by atoms with van der Waals surface area (Å²) in [6.07, 6.45) is 0. The molecular weight excluding hydrogens is 323 g/mol. The van der Waals surface area contributed by atoms with Gasteiger partial charge in [-0.1, -0.05) is 0 Å². The van der Waals surface area contributed by atoms with E-state index in [2.05, 4.69) is 19.2 Å². The van der Waals surface area contributed by atoms with E-state index in [-0.39, 0.29) is 0 Å². The Kier molecular flexibility index (Phi) is 2.70. The summed E-state index contributed by atoms with van der Waals surface area (Å²) < 4.78 is 1.32. The number of thiophene rings is 1. The van der Waals surface area contributed by atoms with E-state index in [4.69, 9.17) is 0 Å². The van der Waals surface area contributed by atoms with Crippen LogP contribution >= 0.6 is 11.3 Å². The minimum absolute atomic E-state index is 1.30. The number of rotatable bonds is 1. The Labute approximate surface area is 76.0 Å². The van der Waals surface area contributed by atoms with Crippen molar-refractivity contribution in [3.8, 4) is 0 Å². The van der Waals surface area contributed by atoms with Crippen LogP contribution in [0.15, 0.2) is 5.38 Å². The molecular formula is C7H9PbS. The van der Waals surface area contributed by atoms with E-state index >= 15 is 0 Å². The molecule has 9 heavy (non-hydrogen) atoms. The molecule has 0 aliphatic rings. The first kappa shape index (κ1) is 7.73. The molecule has 2 heteroatoms. The topological polar surface area (TPSA) is 0 Å². The summed E-state index contributed by atoms with van der Waals surface area (Å²) in [5, 5.41) is 2.29.